The lowest BCUT2D eigenvalue weighted by molar-refractivity contribution is 0.0485. The van der Waals surface area contributed by atoms with Gasteiger partial charge in [0.25, 0.3) is 0 Å². The molecule has 14 heteroatoms. The quantitative estimate of drug-likeness (QED) is 0.533. The summed E-state index contributed by atoms with van der Waals surface area (Å²) in [5.74, 6) is 0.568. The third-order valence-electron chi connectivity index (χ3n) is 6.14. The molecule has 2 aromatic heterocycles. The van der Waals surface area contributed by atoms with Crippen molar-refractivity contribution in [3.63, 3.8) is 0 Å². The summed E-state index contributed by atoms with van der Waals surface area (Å²) in [7, 11) is 0. The maximum Gasteiger partial charge on any atom is 0.341 e. The summed E-state index contributed by atoms with van der Waals surface area (Å²) in [6.45, 7) is 2.93. The molecular formula is C20H23N9O5. The minimum Gasteiger partial charge on any atom is -0.423 e. The summed E-state index contributed by atoms with van der Waals surface area (Å²) in [5.41, 5.74) is 0.848. The second-order valence-corrected chi connectivity index (χ2v) is 8.16. The summed E-state index contributed by atoms with van der Waals surface area (Å²) in [6.07, 6.45) is 2.48. The maximum absolute atomic E-state index is 12.6. The lowest BCUT2D eigenvalue weighted by atomic mass is 10.1. The highest BCUT2D eigenvalue weighted by molar-refractivity contribution is 5.74. The molecule has 0 radical (unpaired) electrons. The predicted octanol–water partition coefficient (Wildman–Crippen LogP) is -0.205. The van der Waals surface area contributed by atoms with Crippen LogP contribution in [0.15, 0.2) is 36.9 Å². The minimum atomic E-state index is -0.310. The van der Waals surface area contributed by atoms with E-state index in [1.165, 1.54) is 6.33 Å². The average Bonchev–Trinajstić information content (AvgIpc) is 3.67. The number of amides is 2. The second-order valence-electron chi connectivity index (χ2n) is 8.16. The molecule has 178 valence electrons. The van der Waals surface area contributed by atoms with Crippen LogP contribution >= 0.6 is 0 Å². The first kappa shape index (κ1) is 20.9. The fraction of sp³-hybridized carbons (Fsp3) is 0.500. The van der Waals surface area contributed by atoms with Gasteiger partial charge in [-0.2, -0.15) is 9.78 Å². The monoisotopic (exact) mass is 469 g/mol. The molecule has 0 saturated carbocycles. The number of fused-ring (bicyclic) bond motifs is 1. The van der Waals surface area contributed by atoms with Crippen LogP contribution in [-0.4, -0.2) is 104 Å². The first-order chi connectivity index (χ1) is 16.8. The Labute approximate surface area is 193 Å². The molecule has 2 amide bonds. The predicted molar refractivity (Wildman–Crippen MR) is 112 cm³/mol. The summed E-state index contributed by atoms with van der Waals surface area (Å²) in [6, 6.07) is 6.87. The number of nitrogens with zero attached hydrogens (tertiary/aromatic N) is 8. The molecule has 14 nitrogen and oxygen atoms in total. The van der Waals surface area contributed by atoms with E-state index in [4.69, 9.17) is 18.9 Å². The Bertz CT molecular complexity index is 1120. The van der Waals surface area contributed by atoms with Crippen molar-refractivity contribution in [2.45, 2.75) is 24.3 Å². The van der Waals surface area contributed by atoms with Crippen LogP contribution < -0.4 is 10.1 Å². The van der Waals surface area contributed by atoms with Crippen molar-refractivity contribution in [2.75, 3.05) is 39.5 Å². The Morgan fingerprint density at radius 1 is 1.09 bits per heavy atom. The van der Waals surface area contributed by atoms with Gasteiger partial charge in [-0.15, -0.1) is 0 Å². The molecule has 0 spiro atoms. The Balaban J connectivity index is 1.11. The number of carbonyl (C=O) groups is 1. The first-order valence-corrected chi connectivity index (χ1v) is 11.0. The highest BCUT2D eigenvalue weighted by Gasteiger charge is 2.50. The molecule has 0 unspecified atom stereocenters. The number of rotatable bonds is 5. The Morgan fingerprint density at radius 2 is 1.91 bits per heavy atom. The summed E-state index contributed by atoms with van der Waals surface area (Å²) in [4.78, 5) is 18.3. The van der Waals surface area contributed by atoms with Gasteiger partial charge in [0, 0.05) is 13.1 Å². The van der Waals surface area contributed by atoms with Gasteiger partial charge in [-0.25, -0.2) is 14.5 Å². The van der Waals surface area contributed by atoms with E-state index in [9.17, 15) is 4.79 Å². The van der Waals surface area contributed by atoms with Crippen LogP contribution in [0.1, 0.15) is 6.04 Å². The smallest absolute Gasteiger partial charge is 0.341 e. The zero-order valence-corrected chi connectivity index (χ0v) is 18.1. The van der Waals surface area contributed by atoms with Gasteiger partial charge in [-0.3, -0.25) is 0 Å². The number of urea groups is 1. The molecule has 3 fully saturated rings. The molecule has 0 bridgehead atoms. The fourth-order valence-electron chi connectivity index (χ4n) is 4.40. The zero-order chi connectivity index (χ0) is 22.9. The Hall–Kier alpha value is -3.62. The molecule has 34 heavy (non-hydrogen) atoms. The number of morpholine rings is 1. The highest BCUT2D eigenvalue weighted by atomic mass is 16.6. The number of ether oxygens (including phenoxy) is 4. The van der Waals surface area contributed by atoms with Gasteiger partial charge in [0.05, 0.1) is 38.2 Å². The largest absolute Gasteiger partial charge is 0.423 e. The molecule has 5 heterocycles. The van der Waals surface area contributed by atoms with E-state index < -0.39 is 0 Å². The van der Waals surface area contributed by atoms with E-state index >= 15 is 0 Å². The van der Waals surface area contributed by atoms with Gasteiger partial charge < -0.3 is 29.2 Å². The van der Waals surface area contributed by atoms with Crippen molar-refractivity contribution >= 4 is 6.03 Å². The summed E-state index contributed by atoms with van der Waals surface area (Å²) < 4.78 is 26.5. The zero-order valence-electron chi connectivity index (χ0n) is 18.1. The van der Waals surface area contributed by atoms with Gasteiger partial charge in [0.1, 0.15) is 36.7 Å². The lowest BCUT2D eigenvalue weighted by Crippen LogP contribution is -2.52. The number of benzene rings is 1. The highest BCUT2D eigenvalue weighted by Crippen LogP contribution is 2.36. The molecule has 4 atom stereocenters. The number of nitrogens with one attached hydrogen (secondary N) is 1. The molecule has 6 rings (SSSR count). The molecular weight excluding hydrogens is 446 g/mol. The molecule has 3 saturated heterocycles. The topological polar surface area (TPSA) is 144 Å². The van der Waals surface area contributed by atoms with Crippen molar-refractivity contribution in [3.05, 3.63) is 36.9 Å². The third-order valence-corrected chi connectivity index (χ3v) is 6.14. The number of aromatic nitrogens is 7. The van der Waals surface area contributed by atoms with Crippen molar-refractivity contribution in [1.29, 1.82) is 0 Å². The Morgan fingerprint density at radius 3 is 2.71 bits per heavy atom. The number of tetrazole rings is 1. The fourth-order valence-corrected chi connectivity index (χ4v) is 4.40. The van der Waals surface area contributed by atoms with E-state index in [0.29, 0.717) is 45.3 Å². The number of hydrogen-bond acceptors (Lipinski definition) is 10. The Kier molecular flexibility index (Phi) is 5.52. The molecule has 3 aromatic rings. The van der Waals surface area contributed by atoms with E-state index in [2.05, 4.69) is 30.9 Å². The first-order valence-electron chi connectivity index (χ1n) is 11.0. The third kappa shape index (κ3) is 3.95. The van der Waals surface area contributed by atoms with Crippen molar-refractivity contribution in [2.24, 2.45) is 0 Å². The van der Waals surface area contributed by atoms with Gasteiger partial charge in [0.2, 0.25) is 0 Å². The molecule has 1 aromatic carbocycles. The van der Waals surface area contributed by atoms with E-state index in [-0.39, 0.29) is 36.3 Å². The van der Waals surface area contributed by atoms with E-state index in [0.717, 1.165) is 5.69 Å². The lowest BCUT2D eigenvalue weighted by Gasteiger charge is -2.29. The molecule has 1 N–H and O–H groups in total. The minimum absolute atomic E-state index is 0.134. The molecule has 3 aliphatic rings. The van der Waals surface area contributed by atoms with Gasteiger partial charge in [-0.1, -0.05) is 5.10 Å². The van der Waals surface area contributed by atoms with Crippen LogP contribution in [0.4, 0.5) is 4.79 Å². The summed E-state index contributed by atoms with van der Waals surface area (Å²) >= 11 is 0. The number of carbonyl (C=O) groups excluding carboxylic acids is 1. The number of hydrogen-bond donors (Lipinski definition) is 1. The standard InChI is InChI=1S/C20H23N9O5/c30-19(27-5-7-31-8-6-27)23-15-9-32-18-16(10-33-17(15)18)29-20(24-25-26-29)34-14-3-1-13(2-4-14)28-12-21-11-22-28/h1-4,11-12,15-18H,5-10H2,(H,23,30)/t15-,16-,17+,18+/m0/s1. The van der Waals surface area contributed by atoms with E-state index in [1.54, 1.807) is 32.7 Å². The van der Waals surface area contributed by atoms with Crippen molar-refractivity contribution in [1.82, 2.24) is 45.2 Å². The van der Waals surface area contributed by atoms with Crippen molar-refractivity contribution < 1.29 is 23.7 Å². The molecule has 3 aliphatic heterocycles. The second kappa shape index (κ2) is 8.96. The van der Waals surface area contributed by atoms with Crippen molar-refractivity contribution in [3.8, 4) is 17.4 Å². The summed E-state index contributed by atoms with van der Waals surface area (Å²) in [5, 5.41) is 19.1. The van der Waals surface area contributed by atoms with Crippen LogP contribution in [0.2, 0.25) is 0 Å². The van der Waals surface area contributed by atoms with Crippen LogP contribution in [0.3, 0.4) is 0 Å². The van der Waals surface area contributed by atoms with Gasteiger partial charge >= 0.3 is 12.0 Å². The van der Waals surface area contributed by atoms with Gasteiger partial charge in [0.15, 0.2) is 0 Å². The van der Waals surface area contributed by atoms with Crippen LogP contribution in [0, 0.1) is 0 Å². The van der Waals surface area contributed by atoms with Crippen LogP contribution in [0.5, 0.6) is 11.8 Å². The SMILES string of the molecule is O=C(N[C@H]1CO[C@H]2[C@@H]1OC[C@@H]2n1nnnc1Oc1ccc(-n2cncn2)cc1)N1CCOCC1. The van der Waals surface area contributed by atoms with Gasteiger partial charge in [-0.05, 0) is 34.7 Å². The van der Waals surface area contributed by atoms with E-state index in [1.807, 2.05) is 12.1 Å². The van der Waals surface area contributed by atoms with Crippen LogP contribution in [-0.2, 0) is 14.2 Å². The average molecular weight is 469 g/mol. The molecule has 0 aliphatic carbocycles. The maximum atomic E-state index is 12.6. The normalized spacial score (nSPS) is 26.4. The van der Waals surface area contributed by atoms with Crippen LogP contribution in [0.25, 0.3) is 5.69 Å².